The van der Waals surface area contributed by atoms with Gasteiger partial charge in [-0.25, -0.2) is 9.78 Å². The molecule has 0 saturated carbocycles. The van der Waals surface area contributed by atoms with Crippen molar-refractivity contribution >= 4 is 46.4 Å². The first kappa shape index (κ1) is 22.4. The molecular weight excluding hydrogens is 434 g/mol. The van der Waals surface area contributed by atoms with Gasteiger partial charge in [-0.1, -0.05) is 66.2 Å². The van der Waals surface area contributed by atoms with E-state index in [9.17, 15) is 14.7 Å². The van der Waals surface area contributed by atoms with Gasteiger partial charge >= 0.3 is 5.97 Å². The Morgan fingerprint density at radius 3 is 2.58 bits per heavy atom. The topological polar surface area (TPSA) is 67.3 Å². The molecule has 164 valence electrons. The second-order valence-electron chi connectivity index (χ2n) is 7.77. The minimum atomic E-state index is -0.944. The molecule has 0 atom stereocenters. The van der Waals surface area contributed by atoms with Gasteiger partial charge in [-0.05, 0) is 60.4 Å². The molecule has 0 amide bonds. The SMILES string of the molecule is O=C(CCCc1ccccc1C(=O)O)c1cccc(C=Cc2ccc3ccc(Cl)cc3n2)c1. The molecule has 1 N–H and O–H groups in total. The number of hydrogen-bond acceptors (Lipinski definition) is 3. The molecular formula is C28H22ClNO3. The van der Waals surface area contributed by atoms with Crippen LogP contribution in [-0.2, 0) is 6.42 Å². The number of hydrogen-bond donors (Lipinski definition) is 1. The second kappa shape index (κ2) is 10.2. The summed E-state index contributed by atoms with van der Waals surface area (Å²) in [6.07, 6.45) is 5.33. The lowest BCUT2D eigenvalue weighted by Crippen LogP contribution is -2.04. The van der Waals surface area contributed by atoms with Gasteiger partial charge in [0, 0.05) is 22.4 Å². The van der Waals surface area contributed by atoms with Crippen LogP contribution in [0.15, 0.2) is 78.9 Å². The molecule has 4 rings (SSSR count). The van der Waals surface area contributed by atoms with Crippen molar-refractivity contribution in [2.24, 2.45) is 0 Å². The van der Waals surface area contributed by atoms with Gasteiger partial charge in [0.2, 0.25) is 0 Å². The number of rotatable bonds is 8. The quantitative estimate of drug-likeness (QED) is 0.291. The second-order valence-corrected chi connectivity index (χ2v) is 8.21. The van der Waals surface area contributed by atoms with E-state index in [0.29, 0.717) is 35.4 Å². The fourth-order valence-electron chi connectivity index (χ4n) is 3.73. The molecule has 0 fully saturated rings. The number of aryl methyl sites for hydroxylation is 1. The smallest absolute Gasteiger partial charge is 0.335 e. The molecule has 5 heteroatoms. The molecule has 0 radical (unpaired) electrons. The first-order valence-electron chi connectivity index (χ1n) is 10.7. The van der Waals surface area contributed by atoms with Gasteiger partial charge in [0.25, 0.3) is 0 Å². The van der Waals surface area contributed by atoms with Crippen LogP contribution < -0.4 is 0 Å². The van der Waals surface area contributed by atoms with Crippen molar-refractivity contribution in [3.05, 3.63) is 112 Å². The maximum Gasteiger partial charge on any atom is 0.335 e. The van der Waals surface area contributed by atoms with E-state index in [1.165, 1.54) is 0 Å². The van der Waals surface area contributed by atoms with Crippen molar-refractivity contribution < 1.29 is 14.7 Å². The van der Waals surface area contributed by atoms with Crippen LogP contribution >= 0.6 is 11.6 Å². The standard InChI is InChI=1S/C28H22ClNO3/c29-23-14-12-21-13-16-24(30-26(21)18-23)15-11-19-5-3-8-22(17-19)27(31)10-4-7-20-6-1-2-9-25(20)28(32)33/h1-3,5-6,8-9,11-18H,4,7,10H2,(H,32,33). The number of aromatic nitrogens is 1. The first-order chi connectivity index (χ1) is 16.0. The number of nitrogens with zero attached hydrogens (tertiary/aromatic N) is 1. The van der Waals surface area contributed by atoms with Gasteiger partial charge in [-0.2, -0.15) is 0 Å². The largest absolute Gasteiger partial charge is 0.478 e. The Hall–Kier alpha value is -3.76. The predicted octanol–water partition coefficient (Wildman–Crippen LogP) is 6.96. The van der Waals surface area contributed by atoms with Crippen LogP contribution in [0, 0.1) is 0 Å². The van der Waals surface area contributed by atoms with Crippen molar-refractivity contribution in [2.75, 3.05) is 0 Å². The van der Waals surface area contributed by atoms with E-state index in [-0.39, 0.29) is 5.78 Å². The molecule has 0 spiro atoms. The number of carboxylic acid groups (broad SMARTS) is 1. The molecule has 0 aliphatic heterocycles. The summed E-state index contributed by atoms with van der Waals surface area (Å²) in [6, 6.07) is 23.9. The number of Topliss-reactive ketones (excluding diaryl/α,β-unsaturated/α-hetero) is 1. The Labute approximate surface area is 197 Å². The lowest BCUT2D eigenvalue weighted by molar-refractivity contribution is 0.0695. The third-order valence-electron chi connectivity index (χ3n) is 5.43. The minimum absolute atomic E-state index is 0.0385. The molecule has 4 nitrogen and oxygen atoms in total. The molecule has 1 aromatic heterocycles. The van der Waals surface area contributed by atoms with Crippen molar-refractivity contribution in [3.8, 4) is 0 Å². The number of fused-ring (bicyclic) bond motifs is 1. The van der Waals surface area contributed by atoms with Crippen molar-refractivity contribution in [2.45, 2.75) is 19.3 Å². The van der Waals surface area contributed by atoms with Crippen molar-refractivity contribution in [1.82, 2.24) is 4.98 Å². The Morgan fingerprint density at radius 2 is 1.73 bits per heavy atom. The molecule has 0 aliphatic rings. The van der Waals surface area contributed by atoms with E-state index in [1.807, 2.05) is 66.7 Å². The number of ketones is 1. The summed E-state index contributed by atoms with van der Waals surface area (Å²) >= 11 is 6.07. The van der Waals surface area contributed by atoms with Crippen molar-refractivity contribution in [1.29, 1.82) is 0 Å². The normalized spacial score (nSPS) is 11.2. The number of aromatic carboxylic acids is 1. The van der Waals surface area contributed by atoms with Crippen LogP contribution in [-0.4, -0.2) is 21.8 Å². The maximum atomic E-state index is 12.7. The van der Waals surface area contributed by atoms with Crippen molar-refractivity contribution in [3.63, 3.8) is 0 Å². The number of carbonyl (C=O) groups is 2. The summed E-state index contributed by atoms with van der Waals surface area (Å²) in [7, 11) is 0. The van der Waals surface area contributed by atoms with E-state index in [0.717, 1.165) is 27.7 Å². The van der Waals surface area contributed by atoms with E-state index in [1.54, 1.807) is 24.3 Å². The third kappa shape index (κ3) is 5.73. The van der Waals surface area contributed by atoms with E-state index >= 15 is 0 Å². The number of halogens is 1. The van der Waals surface area contributed by atoms with Crippen LogP contribution in [0.5, 0.6) is 0 Å². The molecule has 0 aliphatic carbocycles. The fraction of sp³-hybridized carbons (Fsp3) is 0.107. The zero-order valence-corrected chi connectivity index (χ0v) is 18.6. The Morgan fingerprint density at radius 1 is 0.909 bits per heavy atom. The van der Waals surface area contributed by atoms with Gasteiger partial charge in [-0.15, -0.1) is 0 Å². The minimum Gasteiger partial charge on any atom is -0.478 e. The molecule has 0 bridgehead atoms. The van der Waals surface area contributed by atoms with Crippen LogP contribution in [0.25, 0.3) is 23.1 Å². The number of carboxylic acids is 1. The molecule has 3 aromatic carbocycles. The molecule has 33 heavy (non-hydrogen) atoms. The summed E-state index contributed by atoms with van der Waals surface area (Å²) in [4.78, 5) is 28.6. The highest BCUT2D eigenvalue weighted by Crippen LogP contribution is 2.19. The van der Waals surface area contributed by atoms with Gasteiger partial charge in [0.15, 0.2) is 5.78 Å². The van der Waals surface area contributed by atoms with Gasteiger partial charge in [0.1, 0.15) is 0 Å². The molecule has 0 unspecified atom stereocenters. The van der Waals surface area contributed by atoms with E-state index in [2.05, 4.69) is 4.98 Å². The Bertz CT molecular complexity index is 1360. The highest BCUT2D eigenvalue weighted by molar-refractivity contribution is 6.31. The van der Waals surface area contributed by atoms with E-state index < -0.39 is 5.97 Å². The first-order valence-corrected chi connectivity index (χ1v) is 11.1. The van der Waals surface area contributed by atoms with Gasteiger partial charge in [0.05, 0.1) is 16.8 Å². The van der Waals surface area contributed by atoms with Crippen LogP contribution in [0.2, 0.25) is 5.02 Å². The highest BCUT2D eigenvalue weighted by atomic mass is 35.5. The number of carbonyl (C=O) groups excluding carboxylic acids is 1. The van der Waals surface area contributed by atoms with Crippen LogP contribution in [0.3, 0.4) is 0 Å². The summed E-state index contributed by atoms with van der Waals surface area (Å²) in [5, 5.41) is 11.0. The summed E-state index contributed by atoms with van der Waals surface area (Å²) in [6.45, 7) is 0. The summed E-state index contributed by atoms with van der Waals surface area (Å²) in [5.74, 6) is -0.906. The van der Waals surface area contributed by atoms with Gasteiger partial charge in [-0.3, -0.25) is 4.79 Å². The lowest BCUT2D eigenvalue weighted by Gasteiger charge is -2.06. The average Bonchev–Trinajstić information content (AvgIpc) is 2.82. The fourth-order valence-corrected chi connectivity index (χ4v) is 3.89. The zero-order valence-electron chi connectivity index (χ0n) is 17.9. The lowest BCUT2D eigenvalue weighted by atomic mass is 9.98. The monoisotopic (exact) mass is 455 g/mol. The van der Waals surface area contributed by atoms with Gasteiger partial charge < -0.3 is 5.11 Å². The number of pyridine rings is 1. The van der Waals surface area contributed by atoms with Crippen LogP contribution in [0.1, 0.15) is 50.4 Å². The van der Waals surface area contributed by atoms with Crippen LogP contribution in [0.4, 0.5) is 0 Å². The molecule has 1 heterocycles. The van der Waals surface area contributed by atoms with E-state index in [4.69, 9.17) is 11.6 Å². The third-order valence-corrected chi connectivity index (χ3v) is 5.66. The maximum absolute atomic E-state index is 12.7. The molecule has 4 aromatic rings. The summed E-state index contributed by atoms with van der Waals surface area (Å²) < 4.78 is 0. The zero-order chi connectivity index (χ0) is 23.2. The Balaban J connectivity index is 1.41. The molecule has 0 saturated heterocycles. The Kier molecular flexibility index (Phi) is 6.96. The number of benzene rings is 3. The highest BCUT2D eigenvalue weighted by Gasteiger charge is 2.11. The summed E-state index contributed by atoms with van der Waals surface area (Å²) in [5.41, 5.74) is 4.23. The predicted molar refractivity (Wildman–Crippen MR) is 133 cm³/mol. The average molecular weight is 456 g/mol.